The molecule has 1 aromatic rings. The first kappa shape index (κ1) is 18.0. The van der Waals surface area contributed by atoms with Gasteiger partial charge in [-0.1, -0.05) is 23.2 Å². The molecule has 5 nitrogen and oxygen atoms in total. The summed E-state index contributed by atoms with van der Waals surface area (Å²) in [5, 5.41) is 13.6. The number of hydrogen-bond donors (Lipinski definition) is 2. The van der Waals surface area contributed by atoms with Crippen molar-refractivity contribution in [1.29, 1.82) is 0 Å². The van der Waals surface area contributed by atoms with Gasteiger partial charge in [0.2, 0.25) is 0 Å². The molecule has 0 radical (unpaired) electrons. The topological polar surface area (TPSA) is 67.8 Å². The van der Waals surface area contributed by atoms with Gasteiger partial charge in [0.1, 0.15) is 18.5 Å². The number of ether oxygens (including phenoxy) is 2. The van der Waals surface area contributed by atoms with Gasteiger partial charge < -0.3 is 19.9 Å². The molecule has 21 heavy (non-hydrogen) atoms. The Kier molecular flexibility index (Phi) is 8.45. The number of aliphatic hydroxyl groups is 1. The van der Waals surface area contributed by atoms with E-state index in [9.17, 15) is 9.90 Å². The molecule has 0 spiro atoms. The molecule has 0 aliphatic rings. The Morgan fingerprint density at radius 2 is 2.19 bits per heavy atom. The minimum absolute atomic E-state index is 0.0759. The van der Waals surface area contributed by atoms with E-state index in [1.807, 2.05) is 0 Å². The fourth-order valence-corrected chi connectivity index (χ4v) is 1.86. The molecule has 7 heteroatoms. The van der Waals surface area contributed by atoms with E-state index in [1.54, 1.807) is 25.1 Å². The molecule has 0 saturated heterocycles. The van der Waals surface area contributed by atoms with Gasteiger partial charge in [-0.3, -0.25) is 4.79 Å². The molecule has 0 heterocycles. The van der Waals surface area contributed by atoms with Crippen LogP contribution in [0.1, 0.15) is 13.3 Å². The number of hydrogen-bond acceptors (Lipinski definition) is 5. The van der Waals surface area contributed by atoms with E-state index in [2.05, 4.69) is 5.32 Å². The summed E-state index contributed by atoms with van der Waals surface area (Å²) in [6.07, 6.45) is -0.455. The normalized spacial score (nSPS) is 12.0. The second kappa shape index (κ2) is 9.84. The van der Waals surface area contributed by atoms with Crippen LogP contribution in [-0.4, -0.2) is 43.5 Å². The molecule has 118 valence electrons. The van der Waals surface area contributed by atoms with Gasteiger partial charge in [-0.2, -0.15) is 0 Å². The zero-order valence-electron chi connectivity index (χ0n) is 11.8. The predicted octanol–water partition coefficient (Wildman–Crippen LogP) is 2.28. The van der Waals surface area contributed by atoms with Gasteiger partial charge in [0, 0.05) is 24.2 Å². The highest BCUT2D eigenvalue weighted by atomic mass is 35.5. The molecular weight excluding hydrogens is 317 g/mol. The number of aliphatic hydroxyl groups excluding tert-OH is 1. The second-order valence-corrected chi connectivity index (χ2v) is 5.14. The van der Waals surface area contributed by atoms with E-state index < -0.39 is 6.10 Å². The molecule has 1 atom stereocenters. The average molecular weight is 336 g/mol. The maximum Gasteiger partial charge on any atom is 0.307 e. The lowest BCUT2D eigenvalue weighted by atomic mass is 10.3. The van der Waals surface area contributed by atoms with Crippen molar-refractivity contribution in [3.05, 3.63) is 28.2 Å². The molecule has 1 aromatic carbocycles. The van der Waals surface area contributed by atoms with Gasteiger partial charge in [0.25, 0.3) is 0 Å². The van der Waals surface area contributed by atoms with Crippen molar-refractivity contribution in [3.63, 3.8) is 0 Å². The highest BCUT2D eigenvalue weighted by Crippen LogP contribution is 2.27. The number of halogens is 2. The van der Waals surface area contributed by atoms with Gasteiger partial charge in [-0.15, -0.1) is 0 Å². The Morgan fingerprint density at radius 1 is 1.43 bits per heavy atom. The number of rotatable bonds is 9. The third-order valence-electron chi connectivity index (χ3n) is 2.52. The van der Waals surface area contributed by atoms with Gasteiger partial charge in [-0.25, -0.2) is 0 Å². The number of esters is 1. The smallest absolute Gasteiger partial charge is 0.307 e. The molecule has 0 aliphatic heterocycles. The summed E-state index contributed by atoms with van der Waals surface area (Å²) in [5.41, 5.74) is 0. The molecular formula is C14H19Cl2NO4. The first-order chi connectivity index (χ1) is 10.0. The molecule has 0 fully saturated rings. The fourth-order valence-electron chi connectivity index (χ4n) is 1.52. The predicted molar refractivity (Wildman–Crippen MR) is 82.1 cm³/mol. The van der Waals surface area contributed by atoms with E-state index in [0.29, 0.717) is 35.5 Å². The first-order valence-electron chi connectivity index (χ1n) is 6.65. The van der Waals surface area contributed by atoms with E-state index in [0.717, 1.165) is 0 Å². The van der Waals surface area contributed by atoms with Crippen LogP contribution in [0.4, 0.5) is 0 Å². The van der Waals surface area contributed by atoms with Crippen LogP contribution >= 0.6 is 23.2 Å². The minimum atomic E-state index is -0.720. The number of nitrogens with one attached hydrogen (secondary N) is 1. The van der Waals surface area contributed by atoms with E-state index in [-0.39, 0.29) is 19.0 Å². The van der Waals surface area contributed by atoms with Crippen molar-refractivity contribution in [2.24, 2.45) is 0 Å². The van der Waals surface area contributed by atoms with Crippen LogP contribution in [0, 0.1) is 0 Å². The Labute approximate surface area is 134 Å². The first-order valence-corrected chi connectivity index (χ1v) is 7.40. The van der Waals surface area contributed by atoms with Crippen molar-refractivity contribution in [1.82, 2.24) is 5.32 Å². The lowest BCUT2D eigenvalue weighted by Gasteiger charge is -2.14. The Bertz CT molecular complexity index is 457. The van der Waals surface area contributed by atoms with Crippen molar-refractivity contribution in [2.75, 3.05) is 26.3 Å². The van der Waals surface area contributed by atoms with Crippen LogP contribution in [0.2, 0.25) is 10.0 Å². The van der Waals surface area contributed by atoms with Gasteiger partial charge >= 0.3 is 5.97 Å². The molecule has 0 bridgehead atoms. The fraction of sp³-hybridized carbons (Fsp3) is 0.500. The summed E-state index contributed by atoms with van der Waals surface area (Å²) < 4.78 is 10.2. The van der Waals surface area contributed by atoms with Crippen LogP contribution < -0.4 is 10.1 Å². The van der Waals surface area contributed by atoms with Gasteiger partial charge in [0.05, 0.1) is 18.1 Å². The molecule has 2 N–H and O–H groups in total. The Hall–Kier alpha value is -1.01. The highest BCUT2D eigenvalue weighted by Gasteiger charge is 2.08. The van der Waals surface area contributed by atoms with Crippen molar-refractivity contribution >= 4 is 29.2 Å². The van der Waals surface area contributed by atoms with Crippen molar-refractivity contribution in [3.8, 4) is 5.75 Å². The number of benzene rings is 1. The summed E-state index contributed by atoms with van der Waals surface area (Å²) in [7, 11) is 0. The van der Waals surface area contributed by atoms with E-state index >= 15 is 0 Å². The summed E-state index contributed by atoms with van der Waals surface area (Å²) in [6.45, 7) is 2.95. The monoisotopic (exact) mass is 335 g/mol. The number of carbonyl (C=O) groups is 1. The third-order valence-corrected chi connectivity index (χ3v) is 3.06. The molecule has 1 rings (SSSR count). The Balaban J connectivity index is 2.20. The lowest BCUT2D eigenvalue weighted by Crippen LogP contribution is -2.32. The average Bonchev–Trinajstić information content (AvgIpc) is 2.45. The van der Waals surface area contributed by atoms with Gasteiger partial charge in [-0.05, 0) is 19.1 Å². The third kappa shape index (κ3) is 7.52. The standard InChI is InChI=1S/C14H19Cl2NO4/c1-2-20-14(19)5-6-17-8-11(18)9-21-13-7-10(15)3-4-12(13)16/h3-4,7,11,17-18H,2,5-6,8-9H2,1H3. The van der Waals surface area contributed by atoms with Crippen LogP contribution in [0.5, 0.6) is 5.75 Å². The van der Waals surface area contributed by atoms with Gasteiger partial charge in [0.15, 0.2) is 0 Å². The van der Waals surface area contributed by atoms with Crippen LogP contribution in [0.25, 0.3) is 0 Å². The van der Waals surface area contributed by atoms with Crippen LogP contribution in [0.15, 0.2) is 18.2 Å². The quantitative estimate of drug-likeness (QED) is 0.535. The Morgan fingerprint density at radius 3 is 2.90 bits per heavy atom. The summed E-state index contributed by atoms with van der Waals surface area (Å²) >= 11 is 11.8. The summed E-state index contributed by atoms with van der Waals surface area (Å²) in [6, 6.07) is 4.87. The lowest BCUT2D eigenvalue weighted by molar-refractivity contribution is -0.143. The molecule has 0 aromatic heterocycles. The SMILES string of the molecule is CCOC(=O)CCNCC(O)COc1cc(Cl)ccc1Cl. The van der Waals surface area contributed by atoms with Crippen LogP contribution in [0.3, 0.4) is 0 Å². The zero-order chi connectivity index (χ0) is 15.7. The maximum atomic E-state index is 11.1. The highest BCUT2D eigenvalue weighted by molar-refractivity contribution is 6.34. The maximum absolute atomic E-state index is 11.1. The van der Waals surface area contributed by atoms with E-state index in [1.165, 1.54) is 0 Å². The van der Waals surface area contributed by atoms with Crippen molar-refractivity contribution < 1.29 is 19.4 Å². The number of carbonyl (C=O) groups excluding carboxylic acids is 1. The largest absolute Gasteiger partial charge is 0.489 e. The molecule has 0 aliphatic carbocycles. The van der Waals surface area contributed by atoms with E-state index in [4.69, 9.17) is 32.7 Å². The zero-order valence-corrected chi connectivity index (χ0v) is 13.3. The molecule has 1 unspecified atom stereocenters. The second-order valence-electron chi connectivity index (χ2n) is 4.30. The molecule has 0 saturated carbocycles. The van der Waals surface area contributed by atoms with Crippen LogP contribution in [-0.2, 0) is 9.53 Å². The minimum Gasteiger partial charge on any atom is -0.489 e. The summed E-state index contributed by atoms with van der Waals surface area (Å²) in [5.74, 6) is 0.163. The van der Waals surface area contributed by atoms with Crippen molar-refractivity contribution in [2.45, 2.75) is 19.4 Å². The molecule has 0 amide bonds. The summed E-state index contributed by atoms with van der Waals surface area (Å²) in [4.78, 5) is 11.1.